The van der Waals surface area contributed by atoms with Gasteiger partial charge in [-0.25, -0.2) is 0 Å². The molecule has 0 saturated heterocycles. The first-order chi connectivity index (χ1) is 20.0. The lowest BCUT2D eigenvalue weighted by atomic mass is 9.75. The third kappa shape index (κ3) is 6.68. The molecule has 1 aliphatic heterocycles. The van der Waals surface area contributed by atoms with Crippen LogP contribution in [0.5, 0.6) is 0 Å². The molecule has 2 atom stereocenters. The van der Waals surface area contributed by atoms with Crippen LogP contribution in [0.1, 0.15) is 63.0 Å². The van der Waals surface area contributed by atoms with Crippen LogP contribution in [0.2, 0.25) is 0 Å². The standard InChI is InChI=1S/C38H37BrN2/c1-26(2)15-27-16-33(32-11-6-14-41-25-32)19-34(17-27)37-21-35(20-36(22-37)30-9-4-12-38(39)23-30)29-8-3-7-28(18-29)31-10-5-13-40-24-31/h3-5,7-10,12-14,16-18,21-26,34-35H,6,11,15,19-20H2,1-2H3. The van der Waals surface area contributed by atoms with Crippen LogP contribution in [0.15, 0.2) is 135 Å². The maximum atomic E-state index is 4.52. The Bertz CT molecular complexity index is 1600. The summed E-state index contributed by atoms with van der Waals surface area (Å²) in [5, 5.41) is 0. The molecule has 0 N–H and O–H groups in total. The van der Waals surface area contributed by atoms with Crippen molar-refractivity contribution in [3.8, 4) is 11.1 Å². The highest BCUT2D eigenvalue weighted by Gasteiger charge is 2.26. The molecular weight excluding hydrogens is 564 g/mol. The molecule has 2 nitrogen and oxygen atoms in total. The van der Waals surface area contributed by atoms with Crippen LogP contribution in [0.25, 0.3) is 16.7 Å². The van der Waals surface area contributed by atoms with Gasteiger partial charge in [0, 0.05) is 41.1 Å². The van der Waals surface area contributed by atoms with Crippen molar-refractivity contribution in [2.24, 2.45) is 16.8 Å². The van der Waals surface area contributed by atoms with Crippen molar-refractivity contribution in [1.29, 1.82) is 0 Å². The van der Waals surface area contributed by atoms with Crippen LogP contribution in [-0.4, -0.2) is 11.2 Å². The van der Waals surface area contributed by atoms with Gasteiger partial charge in [0.05, 0.1) is 0 Å². The normalized spacial score (nSPS) is 20.6. The number of hydrogen-bond acceptors (Lipinski definition) is 2. The monoisotopic (exact) mass is 600 g/mol. The lowest BCUT2D eigenvalue weighted by Gasteiger charge is -2.30. The minimum Gasteiger partial charge on any atom is -0.269 e. The Labute approximate surface area is 253 Å². The second-order valence-corrected chi connectivity index (χ2v) is 12.8. The van der Waals surface area contributed by atoms with Crippen molar-refractivity contribution in [2.45, 2.75) is 51.9 Å². The number of aliphatic imine (C=N–C) groups is 1. The molecule has 3 aliphatic rings. The summed E-state index contributed by atoms with van der Waals surface area (Å²) < 4.78 is 1.12. The van der Waals surface area contributed by atoms with E-state index in [0.29, 0.717) is 17.8 Å². The van der Waals surface area contributed by atoms with E-state index in [1.54, 1.807) is 0 Å². The number of hydrogen-bond donors (Lipinski definition) is 0. The zero-order valence-corrected chi connectivity index (χ0v) is 25.5. The highest BCUT2D eigenvalue weighted by atomic mass is 79.9. The number of pyridine rings is 1. The van der Waals surface area contributed by atoms with Crippen molar-refractivity contribution < 1.29 is 0 Å². The van der Waals surface area contributed by atoms with Gasteiger partial charge in [-0.05, 0) is 101 Å². The van der Waals surface area contributed by atoms with Gasteiger partial charge in [-0.3, -0.25) is 9.98 Å². The minimum atomic E-state index is 0.301. The summed E-state index contributed by atoms with van der Waals surface area (Å²) in [6, 6.07) is 22.0. The first kappa shape index (κ1) is 27.6. The third-order valence-electron chi connectivity index (χ3n) is 8.26. The molecular formula is C38H37BrN2. The van der Waals surface area contributed by atoms with Gasteiger partial charge in [0.25, 0.3) is 0 Å². The van der Waals surface area contributed by atoms with E-state index in [0.717, 1.165) is 42.1 Å². The predicted molar refractivity (Wildman–Crippen MR) is 177 cm³/mol. The number of rotatable bonds is 7. The topological polar surface area (TPSA) is 25.2 Å². The summed E-state index contributed by atoms with van der Waals surface area (Å²) in [6.07, 6.45) is 23.2. The number of allylic oxidation sites excluding steroid dienone is 9. The fraction of sp³-hybridized carbons (Fsp3) is 0.263. The molecule has 0 saturated carbocycles. The summed E-state index contributed by atoms with van der Waals surface area (Å²) in [7, 11) is 0. The Kier molecular flexibility index (Phi) is 8.43. The fourth-order valence-electron chi connectivity index (χ4n) is 6.32. The first-order valence-electron chi connectivity index (χ1n) is 14.8. The Morgan fingerprint density at radius 2 is 1.66 bits per heavy atom. The van der Waals surface area contributed by atoms with Crippen LogP contribution >= 0.6 is 15.9 Å². The SMILES string of the molecule is CC(C)CC1=CC(C2=CC(c3cccc(-c4cccnc4)c3)CC(c3cccc(Br)c3)=C2)CC(C2=CN=CCC2)=C1. The molecule has 0 spiro atoms. The maximum absolute atomic E-state index is 4.52. The van der Waals surface area contributed by atoms with E-state index in [4.69, 9.17) is 0 Å². The second-order valence-electron chi connectivity index (χ2n) is 11.9. The predicted octanol–water partition coefficient (Wildman–Crippen LogP) is 10.7. The quantitative estimate of drug-likeness (QED) is 0.265. The van der Waals surface area contributed by atoms with Crippen molar-refractivity contribution in [3.63, 3.8) is 0 Å². The zero-order valence-electron chi connectivity index (χ0n) is 23.9. The third-order valence-corrected chi connectivity index (χ3v) is 8.75. The number of nitrogens with zero attached hydrogens (tertiary/aromatic N) is 2. The molecule has 0 fully saturated rings. The van der Waals surface area contributed by atoms with Gasteiger partial charge in [0.2, 0.25) is 0 Å². The highest BCUT2D eigenvalue weighted by Crippen LogP contribution is 2.43. The van der Waals surface area contributed by atoms with Crippen LogP contribution in [-0.2, 0) is 0 Å². The van der Waals surface area contributed by atoms with E-state index < -0.39 is 0 Å². The molecule has 41 heavy (non-hydrogen) atoms. The average Bonchev–Trinajstić information content (AvgIpc) is 3.01. The minimum absolute atomic E-state index is 0.301. The number of halogens is 1. The summed E-state index contributed by atoms with van der Waals surface area (Å²) in [5.74, 6) is 1.27. The highest BCUT2D eigenvalue weighted by molar-refractivity contribution is 9.10. The molecule has 2 unspecified atom stereocenters. The zero-order chi connectivity index (χ0) is 28.2. The average molecular weight is 602 g/mol. The molecule has 1 aromatic heterocycles. The van der Waals surface area contributed by atoms with E-state index in [1.165, 1.54) is 44.6 Å². The Morgan fingerprint density at radius 1 is 0.829 bits per heavy atom. The van der Waals surface area contributed by atoms with Gasteiger partial charge < -0.3 is 0 Å². The molecule has 6 rings (SSSR count). The Balaban J connectivity index is 1.41. The van der Waals surface area contributed by atoms with Crippen LogP contribution < -0.4 is 0 Å². The molecule has 0 radical (unpaired) electrons. The van der Waals surface area contributed by atoms with Gasteiger partial charge in [-0.1, -0.05) is 102 Å². The molecule has 0 bridgehead atoms. The summed E-state index contributed by atoms with van der Waals surface area (Å²) in [6.45, 7) is 4.64. The van der Waals surface area contributed by atoms with Gasteiger partial charge in [-0.2, -0.15) is 0 Å². The van der Waals surface area contributed by atoms with E-state index in [-0.39, 0.29) is 0 Å². The smallest absolute Gasteiger partial charge is 0.0346 e. The van der Waals surface area contributed by atoms with Gasteiger partial charge in [-0.15, -0.1) is 0 Å². The van der Waals surface area contributed by atoms with Crippen LogP contribution in [0.4, 0.5) is 0 Å². The Morgan fingerprint density at radius 3 is 2.44 bits per heavy atom. The van der Waals surface area contributed by atoms with Crippen molar-refractivity contribution >= 4 is 27.7 Å². The van der Waals surface area contributed by atoms with Gasteiger partial charge in [0.15, 0.2) is 0 Å². The lowest BCUT2D eigenvalue weighted by molar-refractivity contribution is 0.632. The number of benzene rings is 2. The van der Waals surface area contributed by atoms with Gasteiger partial charge >= 0.3 is 0 Å². The largest absolute Gasteiger partial charge is 0.269 e. The molecule has 0 amide bonds. The second kappa shape index (κ2) is 12.5. The summed E-state index contributed by atoms with van der Waals surface area (Å²) in [4.78, 5) is 8.88. The number of aromatic nitrogens is 1. The van der Waals surface area contributed by atoms with E-state index in [9.17, 15) is 0 Å². The van der Waals surface area contributed by atoms with E-state index in [1.807, 2.05) is 24.7 Å². The van der Waals surface area contributed by atoms with Crippen molar-refractivity contribution in [2.75, 3.05) is 0 Å². The van der Waals surface area contributed by atoms with Crippen LogP contribution in [0, 0.1) is 11.8 Å². The molecule has 3 aromatic rings. The fourth-order valence-corrected chi connectivity index (χ4v) is 6.72. The molecule has 2 aliphatic carbocycles. The van der Waals surface area contributed by atoms with Crippen molar-refractivity contribution in [1.82, 2.24) is 4.98 Å². The Hall–Kier alpha value is -3.56. The van der Waals surface area contributed by atoms with Gasteiger partial charge in [0.1, 0.15) is 0 Å². The van der Waals surface area contributed by atoms with E-state index >= 15 is 0 Å². The molecule has 2 heterocycles. The first-order valence-corrected chi connectivity index (χ1v) is 15.6. The summed E-state index contributed by atoms with van der Waals surface area (Å²) in [5.41, 5.74) is 12.2. The molecule has 206 valence electrons. The van der Waals surface area contributed by atoms with Crippen LogP contribution in [0.3, 0.4) is 0 Å². The summed E-state index contributed by atoms with van der Waals surface area (Å²) >= 11 is 3.72. The maximum Gasteiger partial charge on any atom is 0.0346 e. The molecule has 2 aromatic carbocycles. The van der Waals surface area contributed by atoms with E-state index in [2.05, 4.69) is 125 Å². The molecule has 3 heteroatoms. The van der Waals surface area contributed by atoms with Crippen molar-refractivity contribution in [3.05, 3.63) is 141 Å². The lowest BCUT2D eigenvalue weighted by Crippen LogP contribution is -2.14.